The van der Waals surface area contributed by atoms with Crippen LogP contribution in [0.5, 0.6) is 0 Å². The monoisotopic (exact) mass is 289 g/mol. The molecule has 112 valence electrons. The first-order valence-electron chi connectivity index (χ1n) is 6.58. The summed E-state index contributed by atoms with van der Waals surface area (Å²) in [5.74, 6) is 0.677. The number of hydrogen-bond donors (Lipinski definition) is 1. The summed E-state index contributed by atoms with van der Waals surface area (Å²) < 4.78 is 17.3. The molecule has 2 aromatic rings. The van der Waals surface area contributed by atoms with E-state index in [2.05, 4.69) is 9.97 Å². The van der Waals surface area contributed by atoms with E-state index in [9.17, 15) is 0 Å². The highest BCUT2D eigenvalue weighted by molar-refractivity contribution is 6.62. The summed E-state index contributed by atoms with van der Waals surface area (Å²) >= 11 is 0. The van der Waals surface area contributed by atoms with E-state index < -0.39 is 7.12 Å². The molecule has 2 aromatic heterocycles. The molecular weight excluding hydrogens is 269 g/mol. The SMILES string of the molecule is CC1(C)OB(c2cncc(-c3cnco3)c2)OC1(C)C.N. The summed E-state index contributed by atoms with van der Waals surface area (Å²) in [6, 6.07) is 1.95. The number of nitrogens with zero attached hydrogens (tertiary/aromatic N) is 2. The lowest BCUT2D eigenvalue weighted by atomic mass is 9.79. The van der Waals surface area contributed by atoms with Crippen LogP contribution in [0.3, 0.4) is 0 Å². The second-order valence-electron chi connectivity index (χ2n) is 5.96. The van der Waals surface area contributed by atoms with Crippen molar-refractivity contribution in [3.8, 4) is 11.3 Å². The minimum absolute atomic E-state index is 0. The summed E-state index contributed by atoms with van der Waals surface area (Å²) in [5, 5.41) is 0. The number of rotatable bonds is 2. The van der Waals surface area contributed by atoms with Crippen LogP contribution in [0, 0.1) is 0 Å². The van der Waals surface area contributed by atoms with Crippen LogP contribution in [0.15, 0.2) is 35.5 Å². The highest BCUT2D eigenvalue weighted by Crippen LogP contribution is 2.36. The first kappa shape index (κ1) is 15.7. The first-order chi connectivity index (χ1) is 9.39. The zero-order chi connectivity index (χ0) is 14.4. The van der Waals surface area contributed by atoms with Crippen molar-refractivity contribution in [1.29, 1.82) is 0 Å². The van der Waals surface area contributed by atoms with Gasteiger partial charge in [-0.15, -0.1) is 0 Å². The van der Waals surface area contributed by atoms with Gasteiger partial charge in [-0.25, -0.2) is 4.98 Å². The highest BCUT2D eigenvalue weighted by Gasteiger charge is 2.51. The van der Waals surface area contributed by atoms with Crippen molar-refractivity contribution in [3.63, 3.8) is 0 Å². The van der Waals surface area contributed by atoms with Crippen molar-refractivity contribution in [1.82, 2.24) is 16.1 Å². The van der Waals surface area contributed by atoms with E-state index in [0.29, 0.717) is 5.76 Å². The van der Waals surface area contributed by atoms with Crippen LogP contribution in [0.25, 0.3) is 11.3 Å². The Morgan fingerprint density at radius 2 is 1.62 bits per heavy atom. The van der Waals surface area contributed by atoms with Gasteiger partial charge in [-0.1, -0.05) is 0 Å². The highest BCUT2D eigenvalue weighted by atomic mass is 16.7. The van der Waals surface area contributed by atoms with E-state index in [-0.39, 0.29) is 17.4 Å². The zero-order valence-corrected chi connectivity index (χ0v) is 12.8. The predicted octanol–water partition coefficient (Wildman–Crippen LogP) is 2.20. The molecule has 0 unspecified atom stereocenters. The molecule has 0 aromatic carbocycles. The van der Waals surface area contributed by atoms with Crippen molar-refractivity contribution in [2.75, 3.05) is 0 Å². The summed E-state index contributed by atoms with van der Waals surface area (Å²) in [4.78, 5) is 8.15. The second kappa shape index (κ2) is 5.25. The van der Waals surface area contributed by atoms with Crippen molar-refractivity contribution >= 4 is 12.6 Å². The minimum atomic E-state index is -0.421. The fraction of sp³-hybridized carbons (Fsp3) is 0.429. The molecule has 21 heavy (non-hydrogen) atoms. The minimum Gasteiger partial charge on any atom is -0.443 e. The normalized spacial score (nSPS) is 19.3. The van der Waals surface area contributed by atoms with E-state index in [1.807, 2.05) is 33.8 Å². The molecule has 0 amide bonds. The standard InChI is InChI=1S/C14H17BN2O3.H3N/c1-13(2)14(3,4)20-15(19-13)11-5-10(6-16-7-11)12-8-17-9-18-12;/h5-9H,1-4H3;1H3. The molecule has 0 spiro atoms. The van der Waals surface area contributed by atoms with Gasteiger partial charge in [0.2, 0.25) is 0 Å². The number of aromatic nitrogens is 2. The van der Waals surface area contributed by atoms with Gasteiger partial charge in [-0.3, -0.25) is 4.98 Å². The molecule has 0 aliphatic carbocycles. The van der Waals surface area contributed by atoms with E-state index >= 15 is 0 Å². The Hall–Kier alpha value is -1.70. The number of hydrogen-bond acceptors (Lipinski definition) is 6. The van der Waals surface area contributed by atoms with Crippen molar-refractivity contribution in [2.24, 2.45) is 0 Å². The molecule has 1 fully saturated rings. The quantitative estimate of drug-likeness (QED) is 0.852. The Balaban J connectivity index is 0.00000161. The lowest BCUT2D eigenvalue weighted by Gasteiger charge is -2.32. The van der Waals surface area contributed by atoms with E-state index in [1.54, 1.807) is 18.6 Å². The van der Waals surface area contributed by atoms with Crippen LogP contribution in [0.2, 0.25) is 0 Å². The van der Waals surface area contributed by atoms with Gasteiger partial charge in [-0.05, 0) is 33.8 Å². The molecule has 0 bridgehead atoms. The maximum Gasteiger partial charge on any atom is 0.496 e. The van der Waals surface area contributed by atoms with Gasteiger partial charge in [0.25, 0.3) is 0 Å². The molecule has 3 N–H and O–H groups in total. The lowest BCUT2D eigenvalue weighted by Crippen LogP contribution is -2.41. The molecule has 1 saturated heterocycles. The third-order valence-electron chi connectivity index (χ3n) is 4.00. The fourth-order valence-electron chi connectivity index (χ4n) is 2.06. The van der Waals surface area contributed by atoms with Crippen LogP contribution in [0.4, 0.5) is 0 Å². The third kappa shape index (κ3) is 2.72. The molecule has 3 heterocycles. The topological polar surface area (TPSA) is 92.4 Å². The molecule has 0 saturated carbocycles. The van der Waals surface area contributed by atoms with Crippen LogP contribution in [-0.2, 0) is 9.31 Å². The molecule has 3 rings (SSSR count). The van der Waals surface area contributed by atoms with Crippen LogP contribution >= 0.6 is 0 Å². The first-order valence-corrected chi connectivity index (χ1v) is 6.58. The molecule has 6 nitrogen and oxygen atoms in total. The average Bonchev–Trinajstić information content (AvgIpc) is 2.97. The van der Waals surface area contributed by atoms with Crippen molar-refractivity contribution in [3.05, 3.63) is 31.1 Å². The van der Waals surface area contributed by atoms with Crippen molar-refractivity contribution < 1.29 is 13.7 Å². The molecule has 0 atom stereocenters. The van der Waals surface area contributed by atoms with Gasteiger partial charge in [-0.2, -0.15) is 0 Å². The Morgan fingerprint density at radius 3 is 2.19 bits per heavy atom. The van der Waals surface area contributed by atoms with Crippen LogP contribution in [0.1, 0.15) is 27.7 Å². The van der Waals surface area contributed by atoms with Gasteiger partial charge in [0, 0.05) is 23.4 Å². The molecule has 1 aliphatic heterocycles. The summed E-state index contributed by atoms with van der Waals surface area (Å²) in [7, 11) is -0.421. The zero-order valence-electron chi connectivity index (χ0n) is 12.8. The van der Waals surface area contributed by atoms with Gasteiger partial charge in [0.1, 0.15) is 0 Å². The maximum absolute atomic E-state index is 6.01. The largest absolute Gasteiger partial charge is 0.496 e. The van der Waals surface area contributed by atoms with Gasteiger partial charge >= 0.3 is 7.12 Å². The number of oxazole rings is 1. The summed E-state index contributed by atoms with van der Waals surface area (Å²) in [5.41, 5.74) is 1.01. The Bertz CT molecular complexity index is 598. The Kier molecular flexibility index (Phi) is 3.92. The fourth-order valence-corrected chi connectivity index (χ4v) is 2.06. The molecular formula is C14H20BN3O3. The number of pyridine rings is 1. The smallest absolute Gasteiger partial charge is 0.443 e. The van der Waals surface area contributed by atoms with E-state index in [4.69, 9.17) is 13.7 Å². The van der Waals surface area contributed by atoms with Gasteiger partial charge in [0.15, 0.2) is 12.2 Å². The van der Waals surface area contributed by atoms with E-state index in [0.717, 1.165) is 11.0 Å². The summed E-state index contributed by atoms with van der Waals surface area (Å²) in [6.07, 6.45) is 6.54. The van der Waals surface area contributed by atoms with Gasteiger partial charge < -0.3 is 19.9 Å². The second-order valence-corrected chi connectivity index (χ2v) is 5.96. The van der Waals surface area contributed by atoms with Gasteiger partial charge in [0.05, 0.1) is 17.4 Å². The van der Waals surface area contributed by atoms with Crippen LogP contribution < -0.4 is 11.6 Å². The predicted molar refractivity (Wildman–Crippen MR) is 80.5 cm³/mol. The molecule has 7 heteroatoms. The maximum atomic E-state index is 6.01. The third-order valence-corrected chi connectivity index (χ3v) is 4.00. The van der Waals surface area contributed by atoms with E-state index in [1.165, 1.54) is 6.39 Å². The molecule has 0 radical (unpaired) electrons. The average molecular weight is 289 g/mol. The van der Waals surface area contributed by atoms with Crippen molar-refractivity contribution in [2.45, 2.75) is 38.9 Å². The lowest BCUT2D eigenvalue weighted by molar-refractivity contribution is 0.00578. The Morgan fingerprint density at radius 1 is 0.952 bits per heavy atom. The summed E-state index contributed by atoms with van der Waals surface area (Å²) in [6.45, 7) is 8.11. The Labute approximate surface area is 124 Å². The van der Waals surface area contributed by atoms with Crippen LogP contribution in [-0.4, -0.2) is 28.3 Å². The molecule has 1 aliphatic rings.